The van der Waals surface area contributed by atoms with Gasteiger partial charge in [-0.05, 0) is 49.9 Å². The Kier molecular flexibility index (Phi) is 3.78. The minimum Gasteiger partial charge on any atom is -0.476 e. The van der Waals surface area contributed by atoms with Crippen molar-refractivity contribution >= 4 is 22.8 Å². The van der Waals surface area contributed by atoms with Gasteiger partial charge in [0.1, 0.15) is 5.82 Å². The van der Waals surface area contributed by atoms with Gasteiger partial charge in [0.05, 0.1) is 18.8 Å². The van der Waals surface area contributed by atoms with Crippen molar-refractivity contribution in [2.24, 2.45) is 5.92 Å². The van der Waals surface area contributed by atoms with Gasteiger partial charge in [0, 0.05) is 9.75 Å². The van der Waals surface area contributed by atoms with Gasteiger partial charge in [-0.25, -0.2) is 0 Å². The zero-order valence-corrected chi connectivity index (χ0v) is 12.4. The number of rotatable bonds is 6. The molecule has 0 amide bonds. The maximum absolute atomic E-state index is 5.89. The molecule has 1 fully saturated rings. The lowest BCUT2D eigenvalue weighted by atomic mass is 10.3. The zero-order valence-electron chi connectivity index (χ0n) is 11.6. The quantitative estimate of drug-likeness (QED) is 0.855. The van der Waals surface area contributed by atoms with E-state index in [4.69, 9.17) is 10.5 Å². The number of ether oxygens (including phenoxy) is 1. The van der Waals surface area contributed by atoms with Gasteiger partial charge >= 0.3 is 0 Å². The second kappa shape index (κ2) is 5.71. The average molecular weight is 289 g/mol. The molecule has 0 saturated heterocycles. The fourth-order valence-corrected chi connectivity index (χ4v) is 2.73. The van der Waals surface area contributed by atoms with Crippen molar-refractivity contribution in [2.75, 3.05) is 17.7 Å². The van der Waals surface area contributed by atoms with Gasteiger partial charge in [0.25, 0.3) is 0 Å². The van der Waals surface area contributed by atoms with E-state index in [1.54, 1.807) is 11.3 Å². The summed E-state index contributed by atoms with van der Waals surface area (Å²) in [5.41, 5.74) is 6.49. The normalized spacial score (nSPS) is 14.2. The summed E-state index contributed by atoms with van der Waals surface area (Å²) < 4.78 is 5.68. The van der Waals surface area contributed by atoms with E-state index < -0.39 is 0 Å². The highest BCUT2D eigenvalue weighted by Gasteiger charge is 2.22. The molecule has 0 aliphatic heterocycles. The Balaban J connectivity index is 1.61. The first-order valence-electron chi connectivity index (χ1n) is 6.89. The minimum atomic E-state index is 0.546. The molecule has 3 N–H and O–H groups in total. The number of aromatic nitrogens is 1. The summed E-state index contributed by atoms with van der Waals surface area (Å²) in [7, 11) is 0. The summed E-state index contributed by atoms with van der Waals surface area (Å²) in [6.07, 6.45) is 2.52. The first-order chi connectivity index (χ1) is 9.70. The van der Waals surface area contributed by atoms with Gasteiger partial charge in [-0.2, -0.15) is 4.98 Å². The molecule has 106 valence electrons. The molecule has 1 saturated carbocycles. The highest BCUT2D eigenvalue weighted by molar-refractivity contribution is 7.11. The highest BCUT2D eigenvalue weighted by Crippen LogP contribution is 2.30. The minimum absolute atomic E-state index is 0.546. The van der Waals surface area contributed by atoms with Crippen LogP contribution < -0.4 is 15.8 Å². The topological polar surface area (TPSA) is 60.2 Å². The second-order valence-electron chi connectivity index (χ2n) is 5.21. The number of nitrogens with zero attached hydrogens (tertiary/aromatic N) is 1. The van der Waals surface area contributed by atoms with Crippen LogP contribution in [0.1, 0.15) is 22.6 Å². The molecular formula is C15H19N3OS. The number of anilines is 2. The molecule has 0 bridgehead atoms. The maximum Gasteiger partial charge on any atom is 0.239 e. The van der Waals surface area contributed by atoms with Gasteiger partial charge in [-0.1, -0.05) is 0 Å². The Hall–Kier alpha value is -1.75. The van der Waals surface area contributed by atoms with Gasteiger partial charge < -0.3 is 15.8 Å². The van der Waals surface area contributed by atoms with Crippen molar-refractivity contribution < 1.29 is 4.74 Å². The van der Waals surface area contributed by atoms with Crippen LogP contribution in [0.5, 0.6) is 5.88 Å². The van der Waals surface area contributed by atoms with Crippen molar-refractivity contribution in [1.29, 1.82) is 0 Å². The molecule has 1 aliphatic rings. The number of nitrogens with one attached hydrogen (secondary N) is 1. The standard InChI is InChI=1S/C15H19N3OS/c1-10-2-5-12(20-10)8-17-14-7-6-13(16)15(18-14)19-9-11-3-4-11/h2,5-7,11H,3-4,8-9,16H2,1H3,(H,17,18). The van der Waals surface area contributed by atoms with Crippen molar-refractivity contribution in [1.82, 2.24) is 4.98 Å². The largest absolute Gasteiger partial charge is 0.476 e. The smallest absolute Gasteiger partial charge is 0.239 e. The van der Waals surface area contributed by atoms with Crippen LogP contribution >= 0.6 is 11.3 Å². The van der Waals surface area contributed by atoms with E-state index in [1.165, 1.54) is 22.6 Å². The van der Waals surface area contributed by atoms with E-state index >= 15 is 0 Å². The summed E-state index contributed by atoms with van der Waals surface area (Å²) >= 11 is 1.79. The van der Waals surface area contributed by atoms with Crippen molar-refractivity contribution in [3.8, 4) is 5.88 Å². The molecule has 0 radical (unpaired) electrons. The third kappa shape index (κ3) is 3.42. The number of nitrogens with two attached hydrogens (primary N) is 1. The van der Waals surface area contributed by atoms with Crippen LogP contribution in [0.3, 0.4) is 0 Å². The SMILES string of the molecule is Cc1ccc(CNc2ccc(N)c(OCC3CC3)n2)s1. The van der Waals surface area contributed by atoms with Crippen molar-refractivity contribution in [2.45, 2.75) is 26.3 Å². The molecule has 0 spiro atoms. The first kappa shape index (κ1) is 13.2. The van der Waals surface area contributed by atoms with E-state index in [-0.39, 0.29) is 0 Å². The van der Waals surface area contributed by atoms with E-state index in [0.717, 1.165) is 19.0 Å². The van der Waals surface area contributed by atoms with E-state index in [9.17, 15) is 0 Å². The fraction of sp³-hybridized carbons (Fsp3) is 0.400. The van der Waals surface area contributed by atoms with E-state index in [2.05, 4.69) is 29.4 Å². The molecule has 1 aliphatic carbocycles. The van der Waals surface area contributed by atoms with E-state index in [0.29, 0.717) is 17.5 Å². The maximum atomic E-state index is 5.89. The average Bonchev–Trinajstić information content (AvgIpc) is 3.18. The summed E-state index contributed by atoms with van der Waals surface area (Å²) in [5.74, 6) is 2.04. The number of nitrogen functional groups attached to an aromatic ring is 1. The van der Waals surface area contributed by atoms with E-state index in [1.807, 2.05) is 12.1 Å². The zero-order chi connectivity index (χ0) is 13.9. The molecule has 0 unspecified atom stereocenters. The summed E-state index contributed by atoms with van der Waals surface area (Å²) in [6, 6.07) is 7.99. The number of aryl methyl sites for hydroxylation is 1. The van der Waals surface area contributed by atoms with Crippen LogP contribution in [-0.4, -0.2) is 11.6 Å². The summed E-state index contributed by atoms with van der Waals surface area (Å²) in [5, 5.41) is 3.31. The monoisotopic (exact) mass is 289 g/mol. The fourth-order valence-electron chi connectivity index (χ4n) is 1.90. The van der Waals surface area contributed by atoms with Crippen LogP contribution in [0, 0.1) is 12.8 Å². The lowest BCUT2D eigenvalue weighted by Crippen LogP contribution is -2.06. The molecule has 2 aromatic rings. The predicted octanol–water partition coefficient (Wildman–Crippen LogP) is 3.43. The van der Waals surface area contributed by atoms with Gasteiger partial charge in [0.15, 0.2) is 0 Å². The third-order valence-electron chi connectivity index (χ3n) is 3.28. The molecule has 2 heterocycles. The molecule has 2 aromatic heterocycles. The Bertz CT molecular complexity index is 593. The molecule has 0 aromatic carbocycles. The summed E-state index contributed by atoms with van der Waals surface area (Å²) in [4.78, 5) is 7.05. The molecule has 5 heteroatoms. The summed E-state index contributed by atoms with van der Waals surface area (Å²) in [6.45, 7) is 3.61. The molecular weight excluding hydrogens is 270 g/mol. The van der Waals surface area contributed by atoms with Crippen LogP contribution in [0.15, 0.2) is 24.3 Å². The van der Waals surface area contributed by atoms with Crippen molar-refractivity contribution in [3.63, 3.8) is 0 Å². The van der Waals surface area contributed by atoms with Gasteiger partial charge in [0.2, 0.25) is 5.88 Å². The van der Waals surface area contributed by atoms with Crippen LogP contribution in [0.2, 0.25) is 0 Å². The molecule has 20 heavy (non-hydrogen) atoms. The lowest BCUT2D eigenvalue weighted by Gasteiger charge is -2.10. The Morgan fingerprint density at radius 1 is 1.35 bits per heavy atom. The molecule has 0 atom stereocenters. The first-order valence-corrected chi connectivity index (χ1v) is 7.71. The predicted molar refractivity (Wildman–Crippen MR) is 83.3 cm³/mol. The number of hydrogen-bond donors (Lipinski definition) is 2. The van der Waals surface area contributed by atoms with Crippen LogP contribution in [-0.2, 0) is 6.54 Å². The molecule has 3 rings (SSSR count). The lowest BCUT2D eigenvalue weighted by molar-refractivity contribution is 0.290. The number of thiophene rings is 1. The Morgan fingerprint density at radius 2 is 2.20 bits per heavy atom. The third-order valence-corrected chi connectivity index (χ3v) is 4.28. The van der Waals surface area contributed by atoms with Gasteiger partial charge in [-0.3, -0.25) is 0 Å². The second-order valence-corrected chi connectivity index (χ2v) is 6.58. The highest BCUT2D eigenvalue weighted by atomic mass is 32.1. The Labute approximate surface area is 123 Å². The Morgan fingerprint density at radius 3 is 2.90 bits per heavy atom. The van der Waals surface area contributed by atoms with Crippen LogP contribution in [0.4, 0.5) is 11.5 Å². The van der Waals surface area contributed by atoms with Gasteiger partial charge in [-0.15, -0.1) is 11.3 Å². The van der Waals surface area contributed by atoms with Crippen molar-refractivity contribution in [3.05, 3.63) is 34.0 Å². The van der Waals surface area contributed by atoms with Crippen LogP contribution in [0.25, 0.3) is 0 Å². The molecule has 4 nitrogen and oxygen atoms in total. The number of pyridine rings is 1. The number of hydrogen-bond acceptors (Lipinski definition) is 5.